The zero-order valence-corrected chi connectivity index (χ0v) is 19.8. The lowest BCUT2D eigenvalue weighted by Gasteiger charge is -2.43. The number of aryl methyl sites for hydroxylation is 1. The number of nitrogens with zero attached hydrogens (tertiary/aromatic N) is 3. The van der Waals surface area contributed by atoms with E-state index in [1.807, 2.05) is 17.0 Å². The zero-order valence-electron chi connectivity index (χ0n) is 18.2. The minimum atomic E-state index is -1.25. The van der Waals surface area contributed by atoms with Gasteiger partial charge < -0.3 is 15.3 Å². The van der Waals surface area contributed by atoms with Gasteiger partial charge in [-0.2, -0.15) is 5.26 Å². The Balaban J connectivity index is 1.49. The molecule has 1 aromatic heterocycles. The number of hydrogen-bond acceptors (Lipinski definition) is 6. The van der Waals surface area contributed by atoms with E-state index < -0.39 is 22.5 Å². The van der Waals surface area contributed by atoms with Gasteiger partial charge in [0.2, 0.25) is 0 Å². The van der Waals surface area contributed by atoms with Crippen LogP contribution in [0.25, 0.3) is 0 Å². The molecule has 1 saturated heterocycles. The summed E-state index contributed by atoms with van der Waals surface area (Å²) in [7, 11) is -1.25. The molecule has 2 aromatic rings. The third-order valence-electron chi connectivity index (χ3n) is 7.21. The number of benzene rings is 1. The van der Waals surface area contributed by atoms with Gasteiger partial charge in [-0.05, 0) is 43.4 Å². The number of aliphatic hydroxyl groups is 1. The number of hydrogen-bond donors (Lipinski definition) is 2. The summed E-state index contributed by atoms with van der Waals surface area (Å²) in [5, 5.41) is 24.1. The average Bonchev–Trinajstić information content (AvgIpc) is 3.17. The molecular weight excluding hydrogens is 463 g/mol. The Kier molecular flexibility index (Phi) is 6.06. The first kappa shape index (κ1) is 22.6. The second-order valence-electron chi connectivity index (χ2n) is 9.20. The van der Waals surface area contributed by atoms with E-state index in [9.17, 15) is 14.6 Å². The van der Waals surface area contributed by atoms with Gasteiger partial charge in [0.25, 0.3) is 0 Å². The van der Waals surface area contributed by atoms with E-state index in [1.54, 1.807) is 12.1 Å². The normalized spacial score (nSPS) is 25.8. The number of halogens is 2. The van der Waals surface area contributed by atoms with Gasteiger partial charge in [-0.25, -0.2) is 9.37 Å². The molecule has 0 radical (unpaired) electrons. The first-order valence-corrected chi connectivity index (χ1v) is 13.0. The summed E-state index contributed by atoms with van der Waals surface area (Å²) < 4.78 is 28.1. The number of piperidine rings is 1. The van der Waals surface area contributed by atoms with Crippen molar-refractivity contribution in [3.63, 3.8) is 0 Å². The second kappa shape index (κ2) is 8.86. The number of nitriles is 1. The molecule has 6 nitrogen and oxygen atoms in total. The van der Waals surface area contributed by atoms with Crippen molar-refractivity contribution < 1.29 is 13.7 Å². The summed E-state index contributed by atoms with van der Waals surface area (Å²) in [5.41, 5.74) is 1.92. The summed E-state index contributed by atoms with van der Waals surface area (Å²) >= 11 is 5.98. The molecule has 2 N–H and O–H groups in total. The molecule has 2 unspecified atom stereocenters. The number of pyridine rings is 1. The average molecular weight is 489 g/mol. The van der Waals surface area contributed by atoms with Gasteiger partial charge in [0, 0.05) is 29.7 Å². The van der Waals surface area contributed by atoms with Crippen molar-refractivity contribution in [2.24, 2.45) is 0 Å². The molecule has 174 valence electrons. The lowest BCUT2D eigenvalue weighted by Crippen LogP contribution is -2.49. The van der Waals surface area contributed by atoms with E-state index in [-0.39, 0.29) is 19.1 Å². The van der Waals surface area contributed by atoms with Crippen LogP contribution in [0, 0.1) is 11.3 Å². The van der Waals surface area contributed by atoms with Gasteiger partial charge in [-0.15, -0.1) is 0 Å². The van der Waals surface area contributed by atoms with Crippen molar-refractivity contribution in [3.05, 3.63) is 46.1 Å². The summed E-state index contributed by atoms with van der Waals surface area (Å²) in [4.78, 5) is 7.14. The molecule has 1 aliphatic carbocycles. The largest absolute Gasteiger partial charge is 0.394 e. The van der Waals surface area contributed by atoms with Crippen LogP contribution >= 0.6 is 11.6 Å². The third kappa shape index (κ3) is 4.01. The molecule has 0 amide bonds. The van der Waals surface area contributed by atoms with Crippen LogP contribution < -0.4 is 10.2 Å². The Bertz CT molecular complexity index is 1130. The molecule has 2 fully saturated rings. The zero-order chi connectivity index (χ0) is 23.2. The highest BCUT2D eigenvalue weighted by Gasteiger charge is 2.40. The van der Waals surface area contributed by atoms with Gasteiger partial charge in [0.15, 0.2) is 0 Å². The molecule has 1 saturated carbocycles. The third-order valence-corrected chi connectivity index (χ3v) is 8.93. The number of aliphatic hydroxyl groups excluding tert-OH is 1. The fraction of sp³-hybridized carbons (Fsp3) is 0.500. The maximum absolute atomic E-state index is 15.3. The number of fused-ring (bicyclic) bond motifs is 1. The van der Waals surface area contributed by atoms with E-state index in [0.29, 0.717) is 57.8 Å². The van der Waals surface area contributed by atoms with Crippen LogP contribution in [0.2, 0.25) is 5.02 Å². The first-order chi connectivity index (χ1) is 15.9. The highest BCUT2D eigenvalue weighted by molar-refractivity contribution is 7.85. The number of alkyl halides is 1. The van der Waals surface area contributed by atoms with Crippen LogP contribution in [0.1, 0.15) is 48.4 Å². The molecule has 2 aliphatic heterocycles. The van der Waals surface area contributed by atoms with E-state index in [1.165, 1.54) is 0 Å². The Hall–Kier alpha value is -2.21. The van der Waals surface area contributed by atoms with Gasteiger partial charge in [-0.1, -0.05) is 23.7 Å². The Labute approximate surface area is 200 Å². The molecular formula is C24H26ClFN4O2S. The van der Waals surface area contributed by atoms with Crippen molar-refractivity contribution in [1.29, 1.82) is 5.26 Å². The summed E-state index contributed by atoms with van der Waals surface area (Å²) in [6.07, 6.45) is 2.57. The Morgan fingerprint density at radius 2 is 2.12 bits per heavy atom. The van der Waals surface area contributed by atoms with Gasteiger partial charge in [-0.3, -0.25) is 4.21 Å². The molecule has 3 aliphatic rings. The molecule has 1 aromatic carbocycles. The number of aromatic nitrogens is 1. The van der Waals surface area contributed by atoms with Gasteiger partial charge in [0.05, 0.1) is 45.8 Å². The lowest BCUT2D eigenvalue weighted by molar-refractivity contribution is 0.144. The predicted molar refractivity (Wildman–Crippen MR) is 127 cm³/mol. The fourth-order valence-corrected chi connectivity index (χ4v) is 6.64. The van der Waals surface area contributed by atoms with Crippen LogP contribution in [0.15, 0.2) is 29.2 Å². The van der Waals surface area contributed by atoms with Crippen LogP contribution in [0.3, 0.4) is 0 Å². The van der Waals surface area contributed by atoms with Gasteiger partial charge in [0.1, 0.15) is 23.6 Å². The molecule has 0 bridgehead atoms. The van der Waals surface area contributed by atoms with E-state index in [4.69, 9.17) is 16.6 Å². The maximum Gasteiger partial charge on any atom is 0.149 e. The van der Waals surface area contributed by atoms with Crippen molar-refractivity contribution in [1.82, 2.24) is 4.98 Å². The molecule has 0 spiro atoms. The highest BCUT2D eigenvalue weighted by atomic mass is 35.5. The highest BCUT2D eigenvalue weighted by Crippen LogP contribution is 2.43. The first-order valence-electron chi connectivity index (χ1n) is 11.3. The molecule has 9 heteroatoms. The summed E-state index contributed by atoms with van der Waals surface area (Å²) in [6, 6.07) is 9.55. The quantitative estimate of drug-likeness (QED) is 0.663. The molecule has 3 atom stereocenters. The standard InChI is InChI=1S/C24H26ClFN4O2S/c25-16-4-2-15(3-5-16)17-6-10-30(13-19(17)26)23-18(12-27)21(29-24(14-31)8-1-9-24)22-20(28-23)7-11-33(22)32/h2-5,17,19,31H,1,6-11,13-14H2,(H,28,29)/t17?,19?,33-/m1/s1. The number of anilines is 2. The Morgan fingerprint density at radius 3 is 2.73 bits per heavy atom. The van der Waals surface area contributed by atoms with Crippen LogP contribution in [0.4, 0.5) is 15.9 Å². The predicted octanol–water partition coefficient (Wildman–Crippen LogP) is 3.93. The van der Waals surface area contributed by atoms with E-state index in [2.05, 4.69) is 11.4 Å². The monoisotopic (exact) mass is 488 g/mol. The topological polar surface area (TPSA) is 89.2 Å². The van der Waals surface area contributed by atoms with Crippen LogP contribution in [-0.4, -0.2) is 51.5 Å². The summed E-state index contributed by atoms with van der Waals surface area (Å²) in [6.45, 7) is 0.624. The smallest absolute Gasteiger partial charge is 0.149 e. The number of nitrogens with one attached hydrogen (secondary N) is 1. The van der Waals surface area contributed by atoms with Crippen LogP contribution in [0.5, 0.6) is 0 Å². The fourth-order valence-electron chi connectivity index (χ4n) is 5.14. The molecule has 3 heterocycles. The maximum atomic E-state index is 15.3. The Morgan fingerprint density at radius 1 is 1.36 bits per heavy atom. The molecule has 5 rings (SSSR count). The minimum absolute atomic E-state index is 0.0596. The SMILES string of the molecule is N#Cc1c(N2CCC(c3ccc(Cl)cc3)C(F)C2)nc2c(c1NC1(CO)CCC1)[S@](=O)CC2. The van der Waals surface area contributed by atoms with Crippen LogP contribution in [-0.2, 0) is 17.2 Å². The van der Waals surface area contributed by atoms with E-state index >= 15 is 4.39 Å². The van der Waals surface area contributed by atoms with Crippen molar-refractivity contribution in [2.75, 3.05) is 35.7 Å². The van der Waals surface area contributed by atoms with Crippen molar-refractivity contribution in [2.45, 2.75) is 54.6 Å². The van der Waals surface area contributed by atoms with E-state index in [0.717, 1.165) is 24.8 Å². The van der Waals surface area contributed by atoms with Crippen molar-refractivity contribution in [3.8, 4) is 6.07 Å². The summed E-state index contributed by atoms with van der Waals surface area (Å²) in [5.74, 6) is 0.667. The number of rotatable bonds is 5. The lowest BCUT2D eigenvalue weighted by atomic mass is 9.77. The molecule has 33 heavy (non-hydrogen) atoms. The van der Waals surface area contributed by atoms with Crippen molar-refractivity contribution >= 4 is 33.9 Å². The minimum Gasteiger partial charge on any atom is -0.394 e. The van der Waals surface area contributed by atoms with Gasteiger partial charge >= 0.3 is 0 Å². The second-order valence-corrected chi connectivity index (χ2v) is 11.1.